The summed E-state index contributed by atoms with van der Waals surface area (Å²) in [5.41, 5.74) is 1.62. The van der Waals surface area contributed by atoms with E-state index in [4.69, 9.17) is 0 Å². The molecule has 2 fully saturated rings. The van der Waals surface area contributed by atoms with Crippen molar-refractivity contribution in [1.29, 1.82) is 0 Å². The number of carbonyl (C=O) groups excluding carboxylic acids is 1. The molecule has 1 saturated heterocycles. The lowest BCUT2D eigenvalue weighted by atomic mass is 10.1. The highest BCUT2D eigenvalue weighted by Gasteiger charge is 2.21. The molecule has 1 N–H and O–H groups in total. The van der Waals surface area contributed by atoms with Gasteiger partial charge in [0, 0.05) is 31.0 Å². The zero-order valence-electron chi connectivity index (χ0n) is 12.7. The number of rotatable bonds is 3. The van der Waals surface area contributed by atoms with E-state index in [1.807, 2.05) is 17.0 Å². The summed E-state index contributed by atoms with van der Waals surface area (Å²) in [6.07, 6.45) is 11.8. The molecule has 0 aromatic carbocycles. The molecular weight excluding hydrogens is 262 g/mol. The van der Waals surface area contributed by atoms with Gasteiger partial charge in [0.1, 0.15) is 5.69 Å². The number of hydrogen-bond donors (Lipinski definition) is 1. The van der Waals surface area contributed by atoms with Crippen LogP contribution < -0.4 is 5.32 Å². The van der Waals surface area contributed by atoms with Crippen LogP contribution in [0.25, 0.3) is 0 Å². The van der Waals surface area contributed by atoms with Crippen LogP contribution in [0.4, 0.5) is 5.69 Å². The Labute approximate surface area is 126 Å². The monoisotopic (exact) mass is 287 g/mol. The molecular formula is C17H25N3O. The van der Waals surface area contributed by atoms with Gasteiger partial charge in [-0.15, -0.1) is 0 Å². The van der Waals surface area contributed by atoms with Crippen molar-refractivity contribution in [1.82, 2.24) is 9.88 Å². The lowest BCUT2D eigenvalue weighted by molar-refractivity contribution is 0.0787. The normalized spacial score (nSPS) is 20.3. The summed E-state index contributed by atoms with van der Waals surface area (Å²) in [6.45, 7) is 1.75. The van der Waals surface area contributed by atoms with Gasteiger partial charge in [0.05, 0.1) is 0 Å². The summed E-state index contributed by atoms with van der Waals surface area (Å²) in [6, 6.07) is 4.45. The van der Waals surface area contributed by atoms with Gasteiger partial charge in [0.2, 0.25) is 0 Å². The number of carbonyl (C=O) groups is 1. The maximum atomic E-state index is 12.4. The Bertz CT molecular complexity index is 475. The smallest absolute Gasteiger partial charge is 0.272 e. The van der Waals surface area contributed by atoms with E-state index in [0.29, 0.717) is 11.7 Å². The summed E-state index contributed by atoms with van der Waals surface area (Å²) < 4.78 is 0. The number of amides is 1. The molecule has 4 heteroatoms. The molecule has 2 aliphatic rings. The van der Waals surface area contributed by atoms with Crippen molar-refractivity contribution in [2.24, 2.45) is 0 Å². The molecule has 1 amide bonds. The third kappa shape index (κ3) is 3.74. The Morgan fingerprint density at radius 3 is 2.52 bits per heavy atom. The largest absolute Gasteiger partial charge is 0.382 e. The number of hydrogen-bond acceptors (Lipinski definition) is 3. The fourth-order valence-corrected chi connectivity index (χ4v) is 3.38. The average Bonchev–Trinajstić information content (AvgIpc) is 2.93. The van der Waals surface area contributed by atoms with Gasteiger partial charge in [-0.2, -0.15) is 0 Å². The van der Waals surface area contributed by atoms with Crippen molar-refractivity contribution in [3.8, 4) is 0 Å². The Hall–Kier alpha value is -1.58. The van der Waals surface area contributed by atoms with Gasteiger partial charge >= 0.3 is 0 Å². The fraction of sp³-hybridized carbons (Fsp3) is 0.647. The highest BCUT2D eigenvalue weighted by molar-refractivity contribution is 5.93. The molecule has 0 unspecified atom stereocenters. The molecule has 1 aromatic heterocycles. The highest BCUT2D eigenvalue weighted by atomic mass is 16.2. The molecule has 1 aliphatic heterocycles. The van der Waals surface area contributed by atoms with Gasteiger partial charge in [0.25, 0.3) is 5.91 Å². The molecule has 1 saturated carbocycles. The Morgan fingerprint density at radius 1 is 1.10 bits per heavy atom. The summed E-state index contributed by atoms with van der Waals surface area (Å²) in [5, 5.41) is 3.60. The third-order valence-electron chi connectivity index (χ3n) is 4.60. The average molecular weight is 287 g/mol. The molecule has 0 spiro atoms. The molecule has 1 aliphatic carbocycles. The molecule has 3 rings (SSSR count). The van der Waals surface area contributed by atoms with Crippen LogP contribution in [0.2, 0.25) is 0 Å². The minimum absolute atomic E-state index is 0.0806. The van der Waals surface area contributed by atoms with Crippen molar-refractivity contribution < 1.29 is 4.79 Å². The van der Waals surface area contributed by atoms with Crippen LogP contribution >= 0.6 is 0 Å². The van der Waals surface area contributed by atoms with Crippen molar-refractivity contribution in [3.05, 3.63) is 24.0 Å². The van der Waals surface area contributed by atoms with E-state index in [1.165, 1.54) is 38.5 Å². The van der Waals surface area contributed by atoms with Crippen LogP contribution in [-0.2, 0) is 0 Å². The summed E-state index contributed by atoms with van der Waals surface area (Å²) in [4.78, 5) is 18.6. The topological polar surface area (TPSA) is 45.2 Å². The highest BCUT2D eigenvalue weighted by Crippen LogP contribution is 2.22. The Balaban J connectivity index is 1.66. The first kappa shape index (κ1) is 14.4. The van der Waals surface area contributed by atoms with Gasteiger partial charge in [-0.25, -0.2) is 0 Å². The molecule has 114 valence electrons. The lowest BCUT2D eigenvalue weighted by Crippen LogP contribution is -2.28. The van der Waals surface area contributed by atoms with Gasteiger partial charge in [-0.1, -0.05) is 25.7 Å². The van der Waals surface area contributed by atoms with E-state index in [1.54, 1.807) is 6.20 Å². The third-order valence-corrected chi connectivity index (χ3v) is 4.60. The number of nitrogens with one attached hydrogen (secondary N) is 1. The number of aromatic nitrogens is 1. The van der Waals surface area contributed by atoms with Crippen molar-refractivity contribution in [2.75, 3.05) is 18.4 Å². The summed E-state index contributed by atoms with van der Waals surface area (Å²) in [5.74, 6) is 0.0806. The molecule has 21 heavy (non-hydrogen) atoms. The van der Waals surface area contributed by atoms with Crippen molar-refractivity contribution >= 4 is 11.6 Å². The zero-order chi connectivity index (χ0) is 14.5. The van der Waals surface area contributed by atoms with E-state index in [-0.39, 0.29) is 5.91 Å². The van der Waals surface area contributed by atoms with Gasteiger partial charge in [-0.05, 0) is 37.8 Å². The molecule has 2 heterocycles. The first-order chi connectivity index (χ1) is 10.3. The van der Waals surface area contributed by atoms with Crippen molar-refractivity contribution in [2.45, 2.75) is 57.4 Å². The predicted molar refractivity (Wildman–Crippen MR) is 84.5 cm³/mol. The summed E-state index contributed by atoms with van der Waals surface area (Å²) in [7, 11) is 0. The molecule has 4 nitrogen and oxygen atoms in total. The number of anilines is 1. The van der Waals surface area contributed by atoms with E-state index >= 15 is 0 Å². The minimum atomic E-state index is 0.0806. The van der Waals surface area contributed by atoms with E-state index in [9.17, 15) is 4.79 Å². The standard InChI is InChI=1S/C17H25N3O/c21-17(20-11-5-6-12-20)16-13-15(9-10-18-16)19-14-7-3-1-2-4-8-14/h9-10,13-14H,1-8,11-12H2,(H,18,19). The van der Waals surface area contributed by atoms with Crippen molar-refractivity contribution in [3.63, 3.8) is 0 Å². The van der Waals surface area contributed by atoms with E-state index < -0.39 is 0 Å². The first-order valence-electron chi connectivity index (χ1n) is 8.35. The minimum Gasteiger partial charge on any atom is -0.382 e. The van der Waals surface area contributed by atoms with E-state index in [2.05, 4.69) is 10.3 Å². The second kappa shape index (κ2) is 6.92. The second-order valence-electron chi connectivity index (χ2n) is 6.26. The Kier molecular flexibility index (Phi) is 4.73. The van der Waals surface area contributed by atoms with Crippen LogP contribution in [0.5, 0.6) is 0 Å². The SMILES string of the molecule is O=C(c1cc(NC2CCCCCC2)ccn1)N1CCCC1. The Morgan fingerprint density at radius 2 is 1.81 bits per heavy atom. The predicted octanol–water partition coefficient (Wildman–Crippen LogP) is 3.45. The summed E-state index contributed by atoms with van der Waals surface area (Å²) >= 11 is 0. The van der Waals surface area contributed by atoms with Gasteiger partial charge in [0.15, 0.2) is 0 Å². The maximum absolute atomic E-state index is 12.4. The van der Waals surface area contributed by atoms with Crippen LogP contribution in [0.15, 0.2) is 18.3 Å². The molecule has 0 bridgehead atoms. The lowest BCUT2D eigenvalue weighted by Gasteiger charge is -2.19. The fourth-order valence-electron chi connectivity index (χ4n) is 3.38. The number of pyridine rings is 1. The van der Waals surface area contributed by atoms with Crippen LogP contribution in [0.1, 0.15) is 61.9 Å². The molecule has 0 atom stereocenters. The number of likely N-dealkylation sites (tertiary alicyclic amines) is 1. The zero-order valence-corrected chi connectivity index (χ0v) is 12.7. The van der Waals surface area contributed by atoms with Crippen LogP contribution in [-0.4, -0.2) is 34.9 Å². The molecule has 0 radical (unpaired) electrons. The maximum Gasteiger partial charge on any atom is 0.272 e. The van der Waals surface area contributed by atoms with Gasteiger partial charge in [-0.3, -0.25) is 9.78 Å². The molecule has 1 aromatic rings. The second-order valence-corrected chi connectivity index (χ2v) is 6.26. The quantitative estimate of drug-likeness (QED) is 0.866. The first-order valence-corrected chi connectivity index (χ1v) is 8.35. The van der Waals surface area contributed by atoms with Crippen LogP contribution in [0.3, 0.4) is 0 Å². The van der Waals surface area contributed by atoms with Crippen LogP contribution in [0, 0.1) is 0 Å². The number of nitrogens with zero attached hydrogens (tertiary/aromatic N) is 2. The van der Waals surface area contributed by atoms with Gasteiger partial charge < -0.3 is 10.2 Å². The van der Waals surface area contributed by atoms with E-state index in [0.717, 1.165) is 31.6 Å².